The van der Waals surface area contributed by atoms with E-state index in [2.05, 4.69) is 51.5 Å². The third-order valence-corrected chi connectivity index (χ3v) is 3.19. The van der Waals surface area contributed by atoms with Crippen LogP contribution in [0.1, 0.15) is 18.5 Å². The van der Waals surface area contributed by atoms with Crippen LogP contribution in [0.25, 0.3) is 0 Å². The van der Waals surface area contributed by atoms with Crippen molar-refractivity contribution in [1.29, 1.82) is 0 Å². The standard InChI is InChI=1S/C13H16BrN3/c1-11(12-4-2-5-13(14)10-12)15-7-9-17-8-3-6-16-17/h2-6,8,10-11,15H,7,9H2,1H3/t11-/m1/s1. The summed E-state index contributed by atoms with van der Waals surface area (Å²) in [5, 5.41) is 7.65. The summed E-state index contributed by atoms with van der Waals surface area (Å²) in [6, 6.07) is 10.7. The number of nitrogens with one attached hydrogen (secondary N) is 1. The summed E-state index contributed by atoms with van der Waals surface area (Å²) < 4.78 is 3.05. The summed E-state index contributed by atoms with van der Waals surface area (Å²) in [5.41, 5.74) is 1.29. The number of hydrogen-bond acceptors (Lipinski definition) is 2. The minimum absolute atomic E-state index is 0.350. The van der Waals surface area contributed by atoms with Gasteiger partial charge in [-0.1, -0.05) is 28.1 Å². The molecule has 90 valence electrons. The largest absolute Gasteiger partial charge is 0.308 e. The molecule has 17 heavy (non-hydrogen) atoms. The zero-order valence-electron chi connectivity index (χ0n) is 9.81. The summed E-state index contributed by atoms with van der Waals surface area (Å²) in [4.78, 5) is 0. The Morgan fingerprint density at radius 2 is 2.29 bits per heavy atom. The molecule has 3 nitrogen and oxygen atoms in total. The van der Waals surface area contributed by atoms with E-state index in [-0.39, 0.29) is 0 Å². The van der Waals surface area contributed by atoms with Gasteiger partial charge >= 0.3 is 0 Å². The third kappa shape index (κ3) is 3.68. The molecule has 1 N–H and O–H groups in total. The second-order valence-corrected chi connectivity index (χ2v) is 4.92. The zero-order chi connectivity index (χ0) is 12.1. The second kappa shape index (κ2) is 5.98. The number of aromatic nitrogens is 2. The van der Waals surface area contributed by atoms with Crippen molar-refractivity contribution >= 4 is 15.9 Å². The van der Waals surface area contributed by atoms with E-state index in [1.54, 1.807) is 6.20 Å². The van der Waals surface area contributed by atoms with Crippen LogP contribution in [-0.4, -0.2) is 16.3 Å². The Hall–Kier alpha value is -1.13. The van der Waals surface area contributed by atoms with Crippen LogP contribution in [-0.2, 0) is 6.54 Å². The second-order valence-electron chi connectivity index (χ2n) is 4.00. The van der Waals surface area contributed by atoms with Crippen LogP contribution in [0, 0.1) is 0 Å². The predicted molar refractivity (Wildman–Crippen MR) is 72.8 cm³/mol. The fourth-order valence-corrected chi connectivity index (χ4v) is 2.14. The van der Waals surface area contributed by atoms with Gasteiger partial charge in [0.25, 0.3) is 0 Å². The van der Waals surface area contributed by atoms with E-state index in [9.17, 15) is 0 Å². The van der Waals surface area contributed by atoms with E-state index < -0.39 is 0 Å². The molecule has 1 aromatic carbocycles. The van der Waals surface area contributed by atoms with Crippen molar-refractivity contribution in [3.05, 3.63) is 52.8 Å². The monoisotopic (exact) mass is 293 g/mol. The molecule has 2 aromatic rings. The Labute approximate surface area is 110 Å². The highest BCUT2D eigenvalue weighted by molar-refractivity contribution is 9.10. The van der Waals surface area contributed by atoms with Crippen LogP contribution in [0.5, 0.6) is 0 Å². The SMILES string of the molecule is C[C@@H](NCCn1cccn1)c1cccc(Br)c1. The lowest BCUT2D eigenvalue weighted by molar-refractivity contribution is 0.507. The average Bonchev–Trinajstić information content (AvgIpc) is 2.82. The van der Waals surface area contributed by atoms with Gasteiger partial charge in [0.15, 0.2) is 0 Å². The molecule has 0 spiro atoms. The third-order valence-electron chi connectivity index (χ3n) is 2.70. The predicted octanol–water partition coefficient (Wildman–Crippen LogP) is 3.00. The lowest BCUT2D eigenvalue weighted by Crippen LogP contribution is -2.23. The van der Waals surface area contributed by atoms with Crippen molar-refractivity contribution < 1.29 is 0 Å². The number of halogens is 1. The van der Waals surface area contributed by atoms with Crippen molar-refractivity contribution in [2.45, 2.75) is 19.5 Å². The highest BCUT2D eigenvalue weighted by atomic mass is 79.9. The first kappa shape index (κ1) is 12.3. The Kier molecular flexibility index (Phi) is 4.34. The molecule has 0 fully saturated rings. The van der Waals surface area contributed by atoms with Gasteiger partial charge in [0, 0.05) is 29.5 Å². The van der Waals surface area contributed by atoms with E-state index in [1.165, 1.54) is 5.56 Å². The summed E-state index contributed by atoms with van der Waals surface area (Å²) in [6.45, 7) is 3.98. The molecule has 1 aromatic heterocycles. The Bertz CT molecular complexity index is 453. The lowest BCUT2D eigenvalue weighted by atomic mass is 10.1. The van der Waals surface area contributed by atoms with Crippen LogP contribution < -0.4 is 5.32 Å². The first-order chi connectivity index (χ1) is 8.25. The lowest BCUT2D eigenvalue weighted by Gasteiger charge is -2.14. The fraction of sp³-hybridized carbons (Fsp3) is 0.308. The van der Waals surface area contributed by atoms with Gasteiger partial charge in [0.2, 0.25) is 0 Å². The van der Waals surface area contributed by atoms with Crippen molar-refractivity contribution in [3.8, 4) is 0 Å². The van der Waals surface area contributed by atoms with E-state index >= 15 is 0 Å². The summed E-state index contributed by atoms with van der Waals surface area (Å²) >= 11 is 3.49. The Balaban J connectivity index is 1.83. The average molecular weight is 294 g/mol. The van der Waals surface area contributed by atoms with Gasteiger partial charge in [0.1, 0.15) is 0 Å². The van der Waals surface area contributed by atoms with Crippen molar-refractivity contribution in [3.63, 3.8) is 0 Å². The van der Waals surface area contributed by atoms with Gasteiger partial charge in [-0.25, -0.2) is 0 Å². The topological polar surface area (TPSA) is 29.9 Å². The molecule has 0 amide bonds. The number of benzene rings is 1. The number of nitrogens with zero attached hydrogens (tertiary/aromatic N) is 2. The van der Waals surface area contributed by atoms with Crippen LogP contribution in [0.3, 0.4) is 0 Å². The minimum Gasteiger partial charge on any atom is -0.308 e. The van der Waals surface area contributed by atoms with Crippen LogP contribution >= 0.6 is 15.9 Å². The molecule has 0 bridgehead atoms. The first-order valence-corrected chi connectivity index (χ1v) is 6.51. The molecule has 1 atom stereocenters. The Morgan fingerprint density at radius 3 is 3.00 bits per heavy atom. The molecule has 0 aliphatic rings. The summed E-state index contributed by atoms with van der Waals surface area (Å²) in [6.07, 6.45) is 3.78. The van der Waals surface area contributed by atoms with Gasteiger partial charge < -0.3 is 5.32 Å². The maximum atomic E-state index is 4.17. The maximum absolute atomic E-state index is 4.17. The van der Waals surface area contributed by atoms with Crippen LogP contribution in [0.15, 0.2) is 47.2 Å². The quantitative estimate of drug-likeness (QED) is 0.918. The molecular weight excluding hydrogens is 278 g/mol. The van der Waals surface area contributed by atoms with Gasteiger partial charge in [-0.2, -0.15) is 5.10 Å². The van der Waals surface area contributed by atoms with Gasteiger partial charge in [0.05, 0.1) is 6.54 Å². The highest BCUT2D eigenvalue weighted by Gasteiger charge is 2.04. The molecule has 0 saturated heterocycles. The van der Waals surface area contributed by atoms with Gasteiger partial charge in [-0.3, -0.25) is 4.68 Å². The molecule has 0 radical (unpaired) electrons. The smallest absolute Gasteiger partial charge is 0.0534 e. The molecule has 0 aliphatic heterocycles. The normalized spacial score (nSPS) is 12.6. The number of hydrogen-bond donors (Lipinski definition) is 1. The van der Waals surface area contributed by atoms with Crippen molar-refractivity contribution in [2.75, 3.05) is 6.54 Å². The molecular formula is C13H16BrN3. The van der Waals surface area contributed by atoms with E-state index in [4.69, 9.17) is 0 Å². The molecule has 4 heteroatoms. The molecule has 1 heterocycles. The van der Waals surface area contributed by atoms with Gasteiger partial charge in [-0.05, 0) is 30.7 Å². The van der Waals surface area contributed by atoms with Crippen LogP contribution in [0.4, 0.5) is 0 Å². The Morgan fingerprint density at radius 1 is 1.41 bits per heavy atom. The highest BCUT2D eigenvalue weighted by Crippen LogP contribution is 2.17. The first-order valence-electron chi connectivity index (χ1n) is 5.72. The van der Waals surface area contributed by atoms with Crippen molar-refractivity contribution in [2.24, 2.45) is 0 Å². The summed E-state index contributed by atoms with van der Waals surface area (Å²) in [5.74, 6) is 0. The molecule has 2 rings (SSSR count). The summed E-state index contributed by atoms with van der Waals surface area (Å²) in [7, 11) is 0. The van der Waals surface area contributed by atoms with E-state index in [0.29, 0.717) is 6.04 Å². The molecule has 0 unspecified atom stereocenters. The van der Waals surface area contributed by atoms with Crippen LogP contribution in [0.2, 0.25) is 0 Å². The zero-order valence-corrected chi connectivity index (χ0v) is 11.4. The van der Waals surface area contributed by atoms with Gasteiger partial charge in [-0.15, -0.1) is 0 Å². The van der Waals surface area contributed by atoms with Crippen molar-refractivity contribution in [1.82, 2.24) is 15.1 Å². The molecule has 0 aliphatic carbocycles. The molecule has 0 saturated carbocycles. The van der Waals surface area contributed by atoms with E-state index in [1.807, 2.05) is 23.0 Å². The maximum Gasteiger partial charge on any atom is 0.0534 e. The minimum atomic E-state index is 0.350. The number of rotatable bonds is 5. The fourth-order valence-electron chi connectivity index (χ4n) is 1.72. The van der Waals surface area contributed by atoms with E-state index in [0.717, 1.165) is 17.6 Å².